The van der Waals surface area contributed by atoms with Crippen LogP contribution in [0.4, 0.5) is 0 Å². The van der Waals surface area contributed by atoms with Gasteiger partial charge in [-0.2, -0.15) is 0 Å². The number of methoxy groups -OCH3 is 2. The van der Waals surface area contributed by atoms with E-state index >= 15 is 0 Å². The molecule has 0 aliphatic carbocycles. The monoisotopic (exact) mass is 419 g/mol. The van der Waals surface area contributed by atoms with E-state index in [0.717, 1.165) is 28.9 Å². The predicted molar refractivity (Wildman–Crippen MR) is 117 cm³/mol. The van der Waals surface area contributed by atoms with Gasteiger partial charge in [-0.3, -0.25) is 4.79 Å². The Balaban J connectivity index is 1.59. The highest BCUT2D eigenvalue weighted by Crippen LogP contribution is 2.30. The van der Waals surface area contributed by atoms with E-state index in [-0.39, 0.29) is 5.91 Å². The van der Waals surface area contributed by atoms with Gasteiger partial charge in [0.15, 0.2) is 0 Å². The number of carbonyl (C=O) groups excluding carboxylic acids is 1. The zero-order valence-corrected chi connectivity index (χ0v) is 17.8. The maximum atomic E-state index is 12.8. The summed E-state index contributed by atoms with van der Waals surface area (Å²) in [6.07, 6.45) is 7.77. The van der Waals surface area contributed by atoms with Gasteiger partial charge in [-0.25, -0.2) is 4.98 Å². The summed E-state index contributed by atoms with van der Waals surface area (Å²) < 4.78 is 18.2. The van der Waals surface area contributed by atoms with Gasteiger partial charge in [-0.1, -0.05) is 6.07 Å². The molecule has 2 aromatic carbocycles. The van der Waals surface area contributed by atoms with Gasteiger partial charge >= 0.3 is 0 Å². The van der Waals surface area contributed by atoms with E-state index < -0.39 is 6.04 Å². The number of nitrogens with one attached hydrogen (secondary N) is 1. The van der Waals surface area contributed by atoms with Crippen molar-refractivity contribution in [3.63, 3.8) is 0 Å². The van der Waals surface area contributed by atoms with Crippen LogP contribution in [-0.4, -0.2) is 36.3 Å². The molecule has 1 N–H and O–H groups in total. The summed E-state index contributed by atoms with van der Waals surface area (Å²) in [5, 5.41) is 3.06. The summed E-state index contributed by atoms with van der Waals surface area (Å²) in [5.74, 6) is 2.67. The fraction of sp³-hybridized carbons (Fsp3) is 0.250. The third-order valence-corrected chi connectivity index (χ3v) is 5.25. The molecule has 0 saturated carbocycles. The average molecular weight is 419 g/mol. The van der Waals surface area contributed by atoms with Crippen LogP contribution in [0.3, 0.4) is 0 Å². The summed E-state index contributed by atoms with van der Waals surface area (Å²) in [4.78, 5) is 17.3. The van der Waals surface area contributed by atoms with Crippen LogP contribution >= 0.6 is 0 Å². The number of nitrogens with zero attached hydrogens (tertiary/aromatic N) is 2. The van der Waals surface area contributed by atoms with E-state index in [2.05, 4.69) is 16.4 Å². The number of aryl methyl sites for hydroxylation is 1. The van der Waals surface area contributed by atoms with Gasteiger partial charge in [-0.05, 0) is 47.0 Å². The molecule has 1 aromatic heterocycles. The Hall–Kier alpha value is -3.74. The molecule has 0 radical (unpaired) electrons. The number of imidazole rings is 1. The zero-order chi connectivity index (χ0) is 21.8. The third kappa shape index (κ3) is 4.55. The fourth-order valence-electron chi connectivity index (χ4n) is 3.62. The molecule has 1 aliphatic heterocycles. The van der Waals surface area contributed by atoms with Crippen LogP contribution in [-0.2, 0) is 18.3 Å². The molecule has 1 atom stereocenters. The topological polar surface area (TPSA) is 74.6 Å². The normalized spacial score (nSPS) is 13.5. The lowest BCUT2D eigenvalue weighted by molar-refractivity contribution is -0.117. The summed E-state index contributed by atoms with van der Waals surface area (Å²) >= 11 is 0. The van der Waals surface area contributed by atoms with E-state index in [0.29, 0.717) is 23.9 Å². The van der Waals surface area contributed by atoms with Crippen LogP contribution in [0.15, 0.2) is 54.9 Å². The van der Waals surface area contributed by atoms with Gasteiger partial charge in [-0.15, -0.1) is 0 Å². The van der Waals surface area contributed by atoms with Crippen molar-refractivity contribution in [2.24, 2.45) is 7.05 Å². The molecular weight excluding hydrogens is 394 g/mol. The smallest absolute Gasteiger partial charge is 0.244 e. The van der Waals surface area contributed by atoms with Crippen molar-refractivity contribution in [3.05, 3.63) is 77.4 Å². The second-order valence-corrected chi connectivity index (χ2v) is 7.28. The largest absolute Gasteiger partial charge is 0.497 e. The molecule has 2 heterocycles. The van der Waals surface area contributed by atoms with E-state index in [1.54, 1.807) is 32.6 Å². The molecular formula is C24H25N3O4. The Morgan fingerprint density at radius 1 is 1.19 bits per heavy atom. The molecule has 1 aliphatic rings. The summed E-state index contributed by atoms with van der Waals surface area (Å²) in [7, 11) is 5.08. The molecule has 0 spiro atoms. The SMILES string of the molecule is COc1cc(OC)cc(C(NC(=O)/C=C/c2ccc3c(c2)CCO3)c2nccn2C)c1. The highest BCUT2D eigenvalue weighted by atomic mass is 16.5. The average Bonchev–Trinajstić information content (AvgIpc) is 3.43. The lowest BCUT2D eigenvalue weighted by Crippen LogP contribution is -2.29. The lowest BCUT2D eigenvalue weighted by atomic mass is 10.0. The summed E-state index contributed by atoms with van der Waals surface area (Å²) in [6, 6.07) is 11.0. The number of fused-ring (bicyclic) bond motifs is 1. The van der Waals surface area contributed by atoms with Crippen LogP contribution in [0, 0.1) is 0 Å². The van der Waals surface area contributed by atoms with Crippen LogP contribution in [0.5, 0.6) is 17.2 Å². The molecule has 160 valence electrons. The zero-order valence-electron chi connectivity index (χ0n) is 17.8. The van der Waals surface area contributed by atoms with Crippen molar-refractivity contribution in [3.8, 4) is 17.2 Å². The van der Waals surface area contributed by atoms with Crippen LogP contribution < -0.4 is 19.5 Å². The lowest BCUT2D eigenvalue weighted by Gasteiger charge is -2.20. The van der Waals surface area contributed by atoms with Gasteiger partial charge in [0.25, 0.3) is 0 Å². The van der Waals surface area contributed by atoms with Gasteiger partial charge in [0.05, 0.1) is 20.8 Å². The minimum Gasteiger partial charge on any atom is -0.497 e. The van der Waals surface area contributed by atoms with Crippen molar-refractivity contribution in [1.82, 2.24) is 14.9 Å². The molecule has 0 bridgehead atoms. The number of ether oxygens (including phenoxy) is 3. The second-order valence-electron chi connectivity index (χ2n) is 7.28. The van der Waals surface area contributed by atoms with Crippen molar-refractivity contribution in [2.45, 2.75) is 12.5 Å². The highest BCUT2D eigenvalue weighted by molar-refractivity contribution is 5.92. The quantitative estimate of drug-likeness (QED) is 0.595. The first-order valence-corrected chi connectivity index (χ1v) is 10.0. The van der Waals surface area contributed by atoms with Crippen LogP contribution in [0.25, 0.3) is 6.08 Å². The van der Waals surface area contributed by atoms with Gasteiger partial charge in [0.2, 0.25) is 5.91 Å². The number of aromatic nitrogens is 2. The van der Waals surface area contributed by atoms with Crippen molar-refractivity contribution in [2.75, 3.05) is 20.8 Å². The molecule has 0 fully saturated rings. The maximum Gasteiger partial charge on any atom is 0.244 e. The minimum atomic E-state index is -0.477. The van der Waals surface area contributed by atoms with Crippen molar-refractivity contribution >= 4 is 12.0 Å². The van der Waals surface area contributed by atoms with Gasteiger partial charge in [0, 0.05) is 38.0 Å². The molecule has 1 unspecified atom stereocenters. The Bertz CT molecular complexity index is 1100. The molecule has 7 nitrogen and oxygen atoms in total. The molecule has 3 aromatic rings. The van der Waals surface area contributed by atoms with E-state index in [1.165, 1.54) is 6.08 Å². The number of hydrogen-bond donors (Lipinski definition) is 1. The van der Waals surface area contributed by atoms with E-state index in [4.69, 9.17) is 14.2 Å². The third-order valence-electron chi connectivity index (χ3n) is 5.25. The fourth-order valence-corrected chi connectivity index (χ4v) is 3.62. The van der Waals surface area contributed by atoms with E-state index in [1.807, 2.05) is 42.1 Å². The summed E-state index contributed by atoms with van der Waals surface area (Å²) in [6.45, 7) is 0.707. The first-order valence-electron chi connectivity index (χ1n) is 10.0. The van der Waals surface area contributed by atoms with Crippen LogP contribution in [0.2, 0.25) is 0 Å². The molecule has 7 heteroatoms. The Labute approximate surface area is 181 Å². The number of carbonyl (C=O) groups is 1. The van der Waals surface area contributed by atoms with Crippen LogP contribution in [0.1, 0.15) is 28.6 Å². The molecule has 4 rings (SSSR count). The number of amides is 1. The molecule has 0 saturated heterocycles. The first kappa shape index (κ1) is 20.5. The maximum absolute atomic E-state index is 12.8. The summed E-state index contributed by atoms with van der Waals surface area (Å²) in [5.41, 5.74) is 2.93. The molecule has 31 heavy (non-hydrogen) atoms. The Morgan fingerprint density at radius 2 is 1.97 bits per heavy atom. The Morgan fingerprint density at radius 3 is 2.65 bits per heavy atom. The van der Waals surface area contributed by atoms with E-state index in [9.17, 15) is 4.79 Å². The number of hydrogen-bond acceptors (Lipinski definition) is 5. The van der Waals surface area contributed by atoms with Gasteiger partial charge < -0.3 is 24.1 Å². The van der Waals surface area contributed by atoms with Crippen molar-refractivity contribution < 1.29 is 19.0 Å². The minimum absolute atomic E-state index is 0.230. The number of rotatable bonds is 7. The van der Waals surface area contributed by atoms with Gasteiger partial charge in [0.1, 0.15) is 29.1 Å². The first-order chi connectivity index (χ1) is 15.1. The second kappa shape index (κ2) is 8.95. The highest BCUT2D eigenvalue weighted by Gasteiger charge is 2.21. The Kier molecular flexibility index (Phi) is 5.93. The standard InChI is InChI=1S/C24H25N3O4/c1-27-10-9-25-24(27)23(18-13-19(29-2)15-20(14-18)30-3)26-22(28)7-5-16-4-6-21-17(12-16)8-11-31-21/h4-7,9-10,12-15,23H,8,11H2,1-3H3,(H,26,28)/b7-5+. The number of benzene rings is 2. The molecule has 1 amide bonds. The predicted octanol–water partition coefficient (Wildman–Crippen LogP) is 3.29. The van der Waals surface area contributed by atoms with Crippen molar-refractivity contribution in [1.29, 1.82) is 0 Å².